The van der Waals surface area contributed by atoms with Gasteiger partial charge in [-0.1, -0.05) is 12.1 Å². The number of halogens is 1. The molecule has 0 fully saturated rings. The second kappa shape index (κ2) is 9.73. The van der Waals surface area contributed by atoms with Crippen molar-refractivity contribution in [2.24, 2.45) is 0 Å². The molecular weight excluding hydrogens is 387 g/mol. The number of aliphatic hydroxyl groups is 1. The average Bonchev–Trinajstić information content (AvgIpc) is 2.47. The molecule has 0 spiro atoms. The maximum Gasteiger partial charge on any atom is 0.367 e. The van der Waals surface area contributed by atoms with Gasteiger partial charge in [0.1, 0.15) is 18.0 Å². The van der Waals surface area contributed by atoms with Gasteiger partial charge in [0, 0.05) is 0 Å². The molecule has 2 atom stereocenters. The van der Waals surface area contributed by atoms with Crippen LogP contribution in [0.1, 0.15) is 25.3 Å². The number of carbonyl (C=O) groups excluding carboxylic acids is 2. The SMILES string of the molecule is CCOc1ccc(CCC[C@@H](OC(=O)I)[C@H](O)C=O)cc1. The van der Waals surface area contributed by atoms with Gasteiger partial charge in [-0.15, -0.1) is 0 Å². The number of aryl methyl sites for hydroxylation is 1. The minimum atomic E-state index is -1.27. The topological polar surface area (TPSA) is 72.8 Å². The maximum absolute atomic E-state index is 10.9. The molecule has 5 nitrogen and oxygen atoms in total. The predicted molar refractivity (Wildman–Crippen MR) is 86.9 cm³/mol. The molecule has 1 rings (SSSR count). The molecule has 1 N–H and O–H groups in total. The summed E-state index contributed by atoms with van der Waals surface area (Å²) in [5.74, 6) is 0.828. The van der Waals surface area contributed by atoms with E-state index in [4.69, 9.17) is 9.47 Å². The summed E-state index contributed by atoms with van der Waals surface area (Å²) in [6.07, 6.45) is 0.239. The first-order valence-electron chi connectivity index (χ1n) is 6.78. The first-order chi connectivity index (χ1) is 10.1. The molecule has 0 amide bonds. The molecule has 0 aromatic heterocycles. The van der Waals surface area contributed by atoms with Gasteiger partial charge in [0.2, 0.25) is 0 Å². The van der Waals surface area contributed by atoms with Gasteiger partial charge in [-0.3, -0.25) is 0 Å². The van der Waals surface area contributed by atoms with E-state index in [2.05, 4.69) is 0 Å². The Labute approximate surface area is 137 Å². The zero-order valence-electron chi connectivity index (χ0n) is 11.8. The molecule has 6 heteroatoms. The molecule has 0 saturated heterocycles. The quantitative estimate of drug-likeness (QED) is 0.388. The number of rotatable bonds is 9. The lowest BCUT2D eigenvalue weighted by Gasteiger charge is -2.18. The molecule has 0 aliphatic rings. The Morgan fingerprint density at radius 2 is 2.05 bits per heavy atom. The van der Waals surface area contributed by atoms with Crippen LogP contribution in [0.4, 0.5) is 4.79 Å². The molecule has 0 saturated carbocycles. The number of ether oxygens (including phenoxy) is 2. The minimum Gasteiger partial charge on any atom is -0.494 e. The zero-order valence-corrected chi connectivity index (χ0v) is 14.0. The van der Waals surface area contributed by atoms with Gasteiger partial charge in [-0.25, -0.2) is 4.79 Å². The van der Waals surface area contributed by atoms with Gasteiger partial charge in [0.25, 0.3) is 0 Å². The van der Waals surface area contributed by atoms with Gasteiger partial charge in [-0.05, 0) is 43.9 Å². The van der Waals surface area contributed by atoms with Crippen molar-refractivity contribution in [3.8, 4) is 5.75 Å². The van der Waals surface area contributed by atoms with Crippen LogP contribution in [0.2, 0.25) is 0 Å². The fraction of sp³-hybridized carbons (Fsp3) is 0.467. The van der Waals surface area contributed by atoms with E-state index >= 15 is 0 Å². The van der Waals surface area contributed by atoms with E-state index in [1.807, 2.05) is 31.2 Å². The summed E-state index contributed by atoms with van der Waals surface area (Å²) < 4.78 is 9.77. The van der Waals surface area contributed by atoms with Gasteiger partial charge >= 0.3 is 3.98 Å². The Hall–Kier alpha value is -1.15. The van der Waals surface area contributed by atoms with Crippen LogP contribution in [0.25, 0.3) is 0 Å². The lowest BCUT2D eigenvalue weighted by atomic mass is 10.0. The smallest absolute Gasteiger partial charge is 0.367 e. The van der Waals surface area contributed by atoms with Gasteiger partial charge in [-0.2, -0.15) is 0 Å². The van der Waals surface area contributed by atoms with Gasteiger partial charge in [0.05, 0.1) is 29.2 Å². The third-order valence-electron chi connectivity index (χ3n) is 2.95. The monoisotopic (exact) mass is 406 g/mol. The first kappa shape index (κ1) is 17.9. The second-order valence-corrected chi connectivity index (χ2v) is 5.37. The third-order valence-corrected chi connectivity index (χ3v) is 3.21. The van der Waals surface area contributed by atoms with Crippen LogP contribution in [0.5, 0.6) is 5.75 Å². The van der Waals surface area contributed by atoms with Crippen molar-refractivity contribution >= 4 is 32.9 Å². The molecule has 1 aromatic carbocycles. The molecule has 0 radical (unpaired) electrons. The van der Waals surface area contributed by atoms with E-state index in [9.17, 15) is 14.7 Å². The van der Waals surface area contributed by atoms with E-state index in [0.29, 0.717) is 25.7 Å². The highest BCUT2D eigenvalue weighted by Gasteiger charge is 2.21. The molecule has 0 aliphatic carbocycles. The van der Waals surface area contributed by atoms with E-state index in [-0.39, 0.29) is 0 Å². The average molecular weight is 406 g/mol. The normalized spacial score (nSPS) is 13.3. The lowest BCUT2D eigenvalue weighted by molar-refractivity contribution is -0.120. The fourth-order valence-corrected chi connectivity index (χ4v) is 2.26. The number of benzene rings is 1. The van der Waals surface area contributed by atoms with Crippen molar-refractivity contribution in [1.82, 2.24) is 0 Å². The van der Waals surface area contributed by atoms with Crippen molar-refractivity contribution in [3.63, 3.8) is 0 Å². The molecule has 0 heterocycles. The van der Waals surface area contributed by atoms with Crippen LogP contribution in [-0.2, 0) is 16.0 Å². The summed E-state index contributed by atoms with van der Waals surface area (Å²) in [6.45, 7) is 2.56. The molecule has 0 aliphatic heterocycles. The van der Waals surface area contributed by atoms with Crippen LogP contribution < -0.4 is 4.74 Å². The number of hydrogen-bond donors (Lipinski definition) is 1. The van der Waals surface area contributed by atoms with E-state index < -0.39 is 16.2 Å². The van der Waals surface area contributed by atoms with Gasteiger partial charge < -0.3 is 19.4 Å². The third kappa shape index (κ3) is 6.90. The molecule has 116 valence electrons. The Morgan fingerprint density at radius 1 is 1.38 bits per heavy atom. The highest BCUT2D eigenvalue weighted by Crippen LogP contribution is 2.16. The van der Waals surface area contributed by atoms with Gasteiger partial charge in [0.15, 0.2) is 6.29 Å². The Kier molecular flexibility index (Phi) is 8.29. The lowest BCUT2D eigenvalue weighted by Crippen LogP contribution is -2.31. The standard InChI is InChI=1S/C15H19IO5/c1-2-20-12-8-6-11(7-9-12)4-3-5-14(13(18)10-17)21-15(16)19/h6-10,13-14,18H,2-5H2,1H3/t13-,14-/m1/s1. The van der Waals surface area contributed by atoms with Crippen LogP contribution in [-0.4, -0.2) is 34.2 Å². The molecule has 0 bridgehead atoms. The highest BCUT2D eigenvalue weighted by molar-refractivity contribution is 14.1. The summed E-state index contributed by atoms with van der Waals surface area (Å²) >= 11 is 1.48. The largest absolute Gasteiger partial charge is 0.494 e. The van der Waals surface area contributed by atoms with Crippen LogP contribution >= 0.6 is 22.6 Å². The van der Waals surface area contributed by atoms with Crippen LogP contribution in [0, 0.1) is 0 Å². The Bertz CT molecular complexity index is 446. The zero-order chi connectivity index (χ0) is 15.7. The van der Waals surface area contributed by atoms with Crippen LogP contribution in [0.15, 0.2) is 24.3 Å². The second-order valence-electron chi connectivity index (χ2n) is 4.49. The van der Waals surface area contributed by atoms with Crippen LogP contribution in [0.3, 0.4) is 0 Å². The maximum atomic E-state index is 10.9. The van der Waals surface area contributed by atoms with Crippen molar-refractivity contribution in [1.29, 1.82) is 0 Å². The van der Waals surface area contributed by atoms with Crippen molar-refractivity contribution in [3.05, 3.63) is 29.8 Å². The van der Waals surface area contributed by atoms with Crippen molar-refractivity contribution in [2.75, 3.05) is 6.61 Å². The molecule has 21 heavy (non-hydrogen) atoms. The summed E-state index contributed by atoms with van der Waals surface area (Å²) in [5, 5.41) is 9.49. The Morgan fingerprint density at radius 3 is 2.57 bits per heavy atom. The highest BCUT2D eigenvalue weighted by atomic mass is 127. The first-order valence-corrected chi connectivity index (χ1v) is 7.86. The van der Waals surface area contributed by atoms with E-state index in [0.717, 1.165) is 17.7 Å². The van der Waals surface area contributed by atoms with Crippen molar-refractivity contribution < 1.29 is 24.2 Å². The number of hydrogen-bond acceptors (Lipinski definition) is 5. The van der Waals surface area contributed by atoms with E-state index in [1.54, 1.807) is 0 Å². The fourth-order valence-electron chi connectivity index (χ4n) is 1.93. The summed E-state index contributed by atoms with van der Waals surface area (Å²) in [7, 11) is 0. The summed E-state index contributed by atoms with van der Waals surface area (Å²) in [5.41, 5.74) is 1.12. The number of aldehydes is 1. The molecule has 0 unspecified atom stereocenters. The summed E-state index contributed by atoms with van der Waals surface area (Å²) in [6, 6.07) is 7.75. The molecular formula is C15H19IO5. The van der Waals surface area contributed by atoms with Crippen molar-refractivity contribution in [2.45, 2.75) is 38.4 Å². The number of aliphatic hydroxyl groups excluding tert-OH is 1. The number of carbonyl (C=O) groups is 2. The Balaban J connectivity index is 2.45. The predicted octanol–water partition coefficient (Wildman–Crippen LogP) is 2.91. The summed E-state index contributed by atoms with van der Waals surface area (Å²) in [4.78, 5) is 21.5. The molecule has 1 aromatic rings. The minimum absolute atomic E-state index is 0.390. The van der Waals surface area contributed by atoms with E-state index in [1.165, 1.54) is 22.6 Å².